The number of rotatable bonds is 5. The summed E-state index contributed by atoms with van der Waals surface area (Å²) in [5.41, 5.74) is 1.38. The third kappa shape index (κ3) is 3.22. The van der Waals surface area contributed by atoms with Crippen LogP contribution in [0.25, 0.3) is 0 Å². The first-order valence-corrected chi connectivity index (χ1v) is 10.9. The van der Waals surface area contributed by atoms with Crippen LogP contribution < -0.4 is 14.8 Å². The van der Waals surface area contributed by atoms with Crippen LogP contribution in [0.2, 0.25) is 0 Å². The summed E-state index contributed by atoms with van der Waals surface area (Å²) in [4.78, 5) is 12.0. The standard InChI is InChI=1S/C24H35NO4/c1-14(2)29-19-8-7-16(11-20(19)27-6)21-18-12-17-13-24(18,9-10-28-21)22(23(17,4)5)25-15(3)26/h7-8,11,14,17-18,21-22H,9-10,12-13H2,1-6H3,(H,25,26)/t17-,18-,21-,22-,24-/m1/s1. The van der Waals surface area contributed by atoms with Crippen LogP contribution in [0.4, 0.5) is 0 Å². The van der Waals surface area contributed by atoms with E-state index in [2.05, 4.69) is 31.3 Å². The van der Waals surface area contributed by atoms with Gasteiger partial charge >= 0.3 is 0 Å². The number of fused-ring (bicyclic) bond motifs is 1. The Morgan fingerprint density at radius 3 is 2.69 bits per heavy atom. The van der Waals surface area contributed by atoms with Gasteiger partial charge in [-0.1, -0.05) is 19.9 Å². The second-order valence-corrected chi connectivity index (χ2v) is 10.0. The predicted octanol–water partition coefficient (Wildman–Crippen LogP) is 4.50. The summed E-state index contributed by atoms with van der Waals surface area (Å²) in [5.74, 6) is 2.61. The molecule has 1 aliphatic heterocycles. The summed E-state index contributed by atoms with van der Waals surface area (Å²) in [6.45, 7) is 11.1. The first-order chi connectivity index (χ1) is 13.7. The van der Waals surface area contributed by atoms with Crippen molar-refractivity contribution in [1.29, 1.82) is 0 Å². The minimum absolute atomic E-state index is 0.0307. The quantitative estimate of drug-likeness (QED) is 0.789. The van der Waals surface area contributed by atoms with Gasteiger partial charge in [0.2, 0.25) is 5.91 Å². The van der Waals surface area contributed by atoms with Crippen LogP contribution in [0.1, 0.15) is 65.5 Å². The first-order valence-electron chi connectivity index (χ1n) is 10.9. The minimum Gasteiger partial charge on any atom is -0.493 e. The van der Waals surface area contributed by atoms with E-state index in [0.717, 1.165) is 36.5 Å². The highest BCUT2D eigenvalue weighted by Gasteiger charge is 2.68. The van der Waals surface area contributed by atoms with Crippen molar-refractivity contribution in [3.63, 3.8) is 0 Å². The van der Waals surface area contributed by atoms with Gasteiger partial charge in [0.15, 0.2) is 11.5 Å². The van der Waals surface area contributed by atoms with Crippen molar-refractivity contribution in [3.8, 4) is 11.5 Å². The normalized spacial score (nSPS) is 34.7. The third-order valence-corrected chi connectivity index (χ3v) is 7.73. The molecule has 0 radical (unpaired) electrons. The van der Waals surface area contributed by atoms with Crippen LogP contribution in [0.5, 0.6) is 11.5 Å². The molecule has 0 unspecified atom stereocenters. The fourth-order valence-electron chi connectivity index (χ4n) is 6.53. The van der Waals surface area contributed by atoms with Crippen molar-refractivity contribution < 1.29 is 19.0 Å². The lowest BCUT2D eigenvalue weighted by molar-refractivity contribution is -0.136. The van der Waals surface area contributed by atoms with Crippen LogP contribution in [-0.2, 0) is 9.53 Å². The fraction of sp³-hybridized carbons (Fsp3) is 0.708. The van der Waals surface area contributed by atoms with Crippen molar-refractivity contribution in [1.82, 2.24) is 5.32 Å². The summed E-state index contributed by atoms with van der Waals surface area (Å²) in [6.07, 6.45) is 3.48. The number of hydrogen-bond donors (Lipinski definition) is 1. The van der Waals surface area contributed by atoms with E-state index in [9.17, 15) is 4.79 Å². The molecule has 29 heavy (non-hydrogen) atoms. The van der Waals surface area contributed by atoms with E-state index in [4.69, 9.17) is 14.2 Å². The lowest BCUT2D eigenvalue weighted by Gasteiger charge is -2.53. The van der Waals surface area contributed by atoms with E-state index < -0.39 is 0 Å². The molecule has 2 aliphatic carbocycles. The van der Waals surface area contributed by atoms with Gasteiger partial charge in [-0.25, -0.2) is 0 Å². The third-order valence-electron chi connectivity index (χ3n) is 7.73. The fourth-order valence-corrected chi connectivity index (χ4v) is 6.53. The Morgan fingerprint density at radius 1 is 1.28 bits per heavy atom. The lowest BCUT2D eigenvalue weighted by Crippen LogP contribution is -2.58. The van der Waals surface area contributed by atoms with Crippen LogP contribution in [0, 0.1) is 22.7 Å². The van der Waals surface area contributed by atoms with Gasteiger partial charge in [-0.05, 0) is 73.5 Å². The molecule has 5 heteroatoms. The molecular weight excluding hydrogens is 366 g/mol. The molecule has 1 N–H and O–H groups in total. The molecule has 1 spiro atoms. The smallest absolute Gasteiger partial charge is 0.217 e. The summed E-state index contributed by atoms with van der Waals surface area (Å²) in [6, 6.07) is 6.40. The Morgan fingerprint density at radius 2 is 2.03 bits per heavy atom. The monoisotopic (exact) mass is 401 g/mol. The molecule has 1 amide bonds. The average molecular weight is 402 g/mol. The number of amides is 1. The number of hydrogen-bond acceptors (Lipinski definition) is 4. The summed E-state index contributed by atoms with van der Waals surface area (Å²) >= 11 is 0. The van der Waals surface area contributed by atoms with Gasteiger partial charge in [0.1, 0.15) is 0 Å². The number of carbonyl (C=O) groups excluding carboxylic acids is 1. The van der Waals surface area contributed by atoms with E-state index in [1.54, 1.807) is 14.0 Å². The zero-order valence-electron chi connectivity index (χ0n) is 18.6. The Balaban J connectivity index is 1.67. The van der Waals surface area contributed by atoms with Gasteiger partial charge < -0.3 is 19.5 Å². The maximum absolute atomic E-state index is 12.0. The number of benzene rings is 1. The molecular formula is C24H35NO4. The second-order valence-electron chi connectivity index (χ2n) is 10.0. The molecule has 4 rings (SSSR count). The lowest BCUT2D eigenvalue weighted by atomic mass is 9.59. The van der Waals surface area contributed by atoms with Crippen LogP contribution in [0.3, 0.4) is 0 Å². The molecule has 1 heterocycles. The van der Waals surface area contributed by atoms with Crippen molar-refractivity contribution in [3.05, 3.63) is 23.8 Å². The number of ether oxygens (including phenoxy) is 3. The summed E-state index contributed by atoms with van der Waals surface area (Å²) in [7, 11) is 1.68. The second kappa shape index (κ2) is 7.19. The summed E-state index contributed by atoms with van der Waals surface area (Å²) in [5, 5.41) is 3.34. The number of methoxy groups -OCH3 is 1. The van der Waals surface area contributed by atoms with E-state index in [1.807, 2.05) is 19.9 Å². The molecule has 1 saturated heterocycles. The molecule has 160 valence electrons. The zero-order chi connectivity index (χ0) is 21.0. The zero-order valence-corrected chi connectivity index (χ0v) is 18.6. The predicted molar refractivity (Wildman–Crippen MR) is 112 cm³/mol. The SMILES string of the molecule is COc1cc([C@H]2OCC[C@@]34C[C@@H](C[C@H]23)C(C)(C)[C@H]4NC(C)=O)ccc1OC(C)C. The number of carbonyl (C=O) groups is 1. The van der Waals surface area contributed by atoms with Crippen molar-refractivity contribution >= 4 is 5.91 Å². The van der Waals surface area contributed by atoms with E-state index in [-0.39, 0.29) is 35.0 Å². The van der Waals surface area contributed by atoms with Gasteiger partial charge in [-0.15, -0.1) is 0 Å². The molecule has 1 aromatic carbocycles. The maximum atomic E-state index is 12.0. The minimum atomic E-state index is 0.0307. The van der Waals surface area contributed by atoms with Gasteiger partial charge in [-0.2, -0.15) is 0 Å². The average Bonchev–Trinajstić information content (AvgIpc) is 3.14. The van der Waals surface area contributed by atoms with Crippen molar-refractivity contribution in [2.75, 3.05) is 13.7 Å². The molecule has 3 aliphatic rings. The summed E-state index contributed by atoms with van der Waals surface area (Å²) < 4.78 is 17.9. The van der Waals surface area contributed by atoms with Crippen molar-refractivity contribution in [2.24, 2.45) is 22.7 Å². The highest BCUT2D eigenvalue weighted by molar-refractivity contribution is 5.73. The van der Waals surface area contributed by atoms with Crippen molar-refractivity contribution in [2.45, 2.75) is 72.1 Å². The van der Waals surface area contributed by atoms with E-state index >= 15 is 0 Å². The van der Waals surface area contributed by atoms with Crippen LogP contribution in [0.15, 0.2) is 18.2 Å². The Kier molecular flexibility index (Phi) is 5.09. The van der Waals surface area contributed by atoms with E-state index in [1.165, 1.54) is 6.42 Å². The molecule has 2 bridgehead atoms. The molecule has 5 atom stereocenters. The van der Waals surface area contributed by atoms with Gasteiger partial charge in [0, 0.05) is 19.6 Å². The topological polar surface area (TPSA) is 56.8 Å². The molecule has 5 nitrogen and oxygen atoms in total. The Labute approximate surface area is 174 Å². The van der Waals surface area contributed by atoms with Gasteiger partial charge in [0.05, 0.1) is 19.3 Å². The highest BCUT2D eigenvalue weighted by atomic mass is 16.5. The molecule has 3 fully saturated rings. The Bertz CT molecular complexity index is 789. The molecule has 2 saturated carbocycles. The first kappa shape index (κ1) is 20.5. The van der Waals surface area contributed by atoms with Gasteiger partial charge in [0.25, 0.3) is 0 Å². The Hall–Kier alpha value is -1.75. The maximum Gasteiger partial charge on any atom is 0.217 e. The van der Waals surface area contributed by atoms with Gasteiger partial charge in [-0.3, -0.25) is 4.79 Å². The van der Waals surface area contributed by atoms with Crippen LogP contribution in [-0.4, -0.2) is 31.8 Å². The van der Waals surface area contributed by atoms with Crippen LogP contribution >= 0.6 is 0 Å². The number of nitrogens with one attached hydrogen (secondary N) is 1. The van der Waals surface area contributed by atoms with E-state index in [0.29, 0.717) is 11.8 Å². The largest absolute Gasteiger partial charge is 0.493 e. The molecule has 0 aromatic heterocycles. The molecule has 1 aromatic rings. The highest BCUT2D eigenvalue weighted by Crippen LogP contribution is 2.70.